The van der Waals surface area contributed by atoms with Crippen LogP contribution >= 0.6 is 0 Å². The molecule has 22 heavy (non-hydrogen) atoms. The number of ether oxygens (including phenoxy) is 1. The Balaban J connectivity index is 1.55. The second-order valence-corrected chi connectivity index (χ2v) is 5.59. The van der Waals surface area contributed by atoms with Crippen molar-refractivity contribution in [2.45, 2.75) is 25.6 Å². The van der Waals surface area contributed by atoms with Crippen molar-refractivity contribution in [1.82, 2.24) is 0 Å². The Labute approximate surface area is 129 Å². The highest BCUT2D eigenvalue weighted by Gasteiger charge is 2.30. The van der Waals surface area contributed by atoms with Gasteiger partial charge in [0.05, 0.1) is 6.10 Å². The van der Waals surface area contributed by atoms with Gasteiger partial charge in [0.25, 0.3) is 0 Å². The van der Waals surface area contributed by atoms with Crippen molar-refractivity contribution in [3.05, 3.63) is 65.7 Å². The van der Waals surface area contributed by atoms with Gasteiger partial charge in [0.15, 0.2) is 0 Å². The van der Waals surface area contributed by atoms with Crippen LogP contribution in [0.5, 0.6) is 0 Å². The molecule has 3 rings (SSSR count). The molecule has 1 atom stereocenters. The number of amides is 1. The van der Waals surface area contributed by atoms with Crippen molar-refractivity contribution < 1.29 is 14.6 Å². The fourth-order valence-electron chi connectivity index (χ4n) is 2.36. The summed E-state index contributed by atoms with van der Waals surface area (Å²) in [4.78, 5) is 11.8. The van der Waals surface area contributed by atoms with Gasteiger partial charge in [-0.2, -0.15) is 0 Å². The molecular formula is C18H19NO3. The summed E-state index contributed by atoms with van der Waals surface area (Å²) in [6.07, 6.45) is 1.19. The number of nitrogens with one attached hydrogen (secondary N) is 1. The fourth-order valence-corrected chi connectivity index (χ4v) is 2.36. The van der Waals surface area contributed by atoms with Gasteiger partial charge >= 0.3 is 6.09 Å². The summed E-state index contributed by atoms with van der Waals surface area (Å²) in [6.45, 7) is 0.233. The highest BCUT2D eigenvalue weighted by molar-refractivity contribution is 5.84. The van der Waals surface area contributed by atoms with E-state index in [0.717, 1.165) is 24.0 Å². The van der Waals surface area contributed by atoms with Crippen LogP contribution in [0.1, 0.15) is 30.1 Å². The molecule has 0 radical (unpaired) electrons. The topological polar surface area (TPSA) is 58.6 Å². The lowest BCUT2D eigenvalue weighted by atomic mass is 10.1. The quantitative estimate of drug-likeness (QED) is 0.880. The summed E-state index contributed by atoms with van der Waals surface area (Å²) >= 11 is 0. The number of aliphatic hydroxyl groups excluding tert-OH is 1. The number of hydrogen-bond donors (Lipinski definition) is 2. The maximum absolute atomic E-state index is 11.8. The zero-order chi connectivity index (χ0) is 15.4. The van der Waals surface area contributed by atoms with Crippen LogP contribution in [0.3, 0.4) is 0 Å². The van der Waals surface area contributed by atoms with Gasteiger partial charge in [-0.1, -0.05) is 42.5 Å². The monoisotopic (exact) mass is 297 g/mol. The van der Waals surface area contributed by atoms with Crippen LogP contribution in [-0.2, 0) is 11.3 Å². The minimum absolute atomic E-state index is 0.233. The molecule has 0 spiro atoms. The highest BCUT2D eigenvalue weighted by atomic mass is 16.5. The summed E-state index contributed by atoms with van der Waals surface area (Å²) in [5.41, 5.74) is 2.41. The Morgan fingerprint density at radius 3 is 2.68 bits per heavy atom. The van der Waals surface area contributed by atoms with E-state index in [0.29, 0.717) is 11.6 Å². The summed E-state index contributed by atoms with van der Waals surface area (Å²) in [7, 11) is 0. The van der Waals surface area contributed by atoms with Crippen molar-refractivity contribution in [3.8, 4) is 0 Å². The first-order valence-electron chi connectivity index (χ1n) is 7.48. The molecule has 0 aromatic heterocycles. The van der Waals surface area contributed by atoms with Crippen LogP contribution in [0.4, 0.5) is 10.5 Å². The van der Waals surface area contributed by atoms with Crippen LogP contribution in [-0.4, -0.2) is 11.2 Å². The van der Waals surface area contributed by atoms with Crippen LogP contribution in [0, 0.1) is 5.92 Å². The van der Waals surface area contributed by atoms with Crippen LogP contribution in [0.15, 0.2) is 54.6 Å². The van der Waals surface area contributed by atoms with E-state index in [-0.39, 0.29) is 6.61 Å². The Kier molecular flexibility index (Phi) is 4.39. The predicted octanol–water partition coefficient (Wildman–Crippen LogP) is 3.88. The normalized spacial score (nSPS) is 15.1. The Hall–Kier alpha value is -2.33. The number of anilines is 1. The molecule has 0 bridgehead atoms. The van der Waals surface area contributed by atoms with Gasteiger partial charge in [-0.05, 0) is 42.0 Å². The van der Waals surface area contributed by atoms with E-state index in [1.165, 1.54) is 0 Å². The highest BCUT2D eigenvalue weighted by Crippen LogP contribution is 2.41. The molecule has 0 saturated heterocycles. The molecule has 1 fully saturated rings. The average Bonchev–Trinajstić information content (AvgIpc) is 3.38. The number of carbonyl (C=O) groups is 1. The number of aliphatic hydroxyl groups is 1. The SMILES string of the molecule is O=C(Nc1cccc([C@H](O)C2CC2)c1)OCc1ccccc1. The molecular weight excluding hydrogens is 278 g/mol. The second kappa shape index (κ2) is 6.62. The van der Waals surface area contributed by atoms with Crippen LogP contribution < -0.4 is 5.32 Å². The number of benzene rings is 2. The summed E-state index contributed by atoms with van der Waals surface area (Å²) < 4.78 is 5.18. The molecule has 2 aromatic rings. The smallest absolute Gasteiger partial charge is 0.411 e. The van der Waals surface area contributed by atoms with Gasteiger partial charge in [0.2, 0.25) is 0 Å². The van der Waals surface area contributed by atoms with Crippen LogP contribution in [0.25, 0.3) is 0 Å². The maximum Gasteiger partial charge on any atom is 0.411 e. The van der Waals surface area contributed by atoms with Gasteiger partial charge in [-0.3, -0.25) is 5.32 Å². The summed E-state index contributed by atoms with van der Waals surface area (Å²) in [6, 6.07) is 16.8. The summed E-state index contributed by atoms with van der Waals surface area (Å²) in [5.74, 6) is 0.361. The zero-order valence-corrected chi connectivity index (χ0v) is 12.2. The minimum Gasteiger partial charge on any atom is -0.444 e. The third kappa shape index (κ3) is 3.86. The molecule has 4 nitrogen and oxygen atoms in total. The third-order valence-corrected chi connectivity index (χ3v) is 3.76. The lowest BCUT2D eigenvalue weighted by Crippen LogP contribution is -2.14. The van der Waals surface area contributed by atoms with Crippen molar-refractivity contribution in [2.75, 3.05) is 5.32 Å². The first-order valence-corrected chi connectivity index (χ1v) is 7.48. The molecule has 1 saturated carbocycles. The molecule has 0 unspecified atom stereocenters. The van der Waals surface area contributed by atoms with Gasteiger partial charge < -0.3 is 9.84 Å². The van der Waals surface area contributed by atoms with Gasteiger partial charge in [-0.15, -0.1) is 0 Å². The lowest BCUT2D eigenvalue weighted by molar-refractivity contribution is 0.153. The number of rotatable bonds is 5. The maximum atomic E-state index is 11.8. The van der Waals surface area contributed by atoms with Gasteiger partial charge in [0, 0.05) is 5.69 Å². The average molecular weight is 297 g/mol. The molecule has 1 aliphatic carbocycles. The second-order valence-electron chi connectivity index (χ2n) is 5.59. The van der Waals surface area contributed by atoms with E-state index in [9.17, 15) is 9.90 Å². The molecule has 1 amide bonds. The Bertz CT molecular complexity index is 638. The third-order valence-electron chi connectivity index (χ3n) is 3.76. The number of hydrogen-bond acceptors (Lipinski definition) is 3. The van der Waals surface area contributed by atoms with E-state index in [1.54, 1.807) is 12.1 Å². The predicted molar refractivity (Wildman–Crippen MR) is 84.4 cm³/mol. The van der Waals surface area contributed by atoms with Gasteiger partial charge in [0.1, 0.15) is 6.61 Å². The molecule has 1 aliphatic rings. The minimum atomic E-state index is -0.498. The largest absolute Gasteiger partial charge is 0.444 e. The summed E-state index contributed by atoms with van der Waals surface area (Å²) in [5, 5.41) is 12.8. The molecule has 4 heteroatoms. The molecule has 0 heterocycles. The van der Waals surface area contributed by atoms with Crippen molar-refractivity contribution in [3.63, 3.8) is 0 Å². The standard InChI is InChI=1S/C18H19NO3/c20-17(14-9-10-14)15-7-4-8-16(11-15)19-18(21)22-12-13-5-2-1-3-6-13/h1-8,11,14,17,20H,9-10,12H2,(H,19,21)/t17-/m1/s1. The lowest BCUT2D eigenvalue weighted by Gasteiger charge is -2.12. The fraction of sp³-hybridized carbons (Fsp3) is 0.278. The van der Waals surface area contributed by atoms with E-state index in [4.69, 9.17) is 4.74 Å². The van der Waals surface area contributed by atoms with E-state index in [1.807, 2.05) is 42.5 Å². The molecule has 114 valence electrons. The number of carbonyl (C=O) groups excluding carboxylic acids is 1. The van der Waals surface area contributed by atoms with Crippen molar-refractivity contribution in [1.29, 1.82) is 0 Å². The van der Waals surface area contributed by atoms with E-state index >= 15 is 0 Å². The van der Waals surface area contributed by atoms with Crippen molar-refractivity contribution in [2.24, 2.45) is 5.92 Å². The Morgan fingerprint density at radius 1 is 1.18 bits per heavy atom. The Morgan fingerprint density at radius 2 is 1.95 bits per heavy atom. The first kappa shape index (κ1) is 14.6. The van der Waals surface area contributed by atoms with E-state index in [2.05, 4.69) is 5.32 Å². The van der Waals surface area contributed by atoms with E-state index < -0.39 is 12.2 Å². The molecule has 2 aromatic carbocycles. The zero-order valence-electron chi connectivity index (χ0n) is 12.2. The van der Waals surface area contributed by atoms with Crippen LogP contribution in [0.2, 0.25) is 0 Å². The molecule has 2 N–H and O–H groups in total. The first-order chi connectivity index (χ1) is 10.7. The van der Waals surface area contributed by atoms with Crippen molar-refractivity contribution >= 4 is 11.8 Å². The van der Waals surface area contributed by atoms with Gasteiger partial charge in [-0.25, -0.2) is 4.79 Å². The molecule has 0 aliphatic heterocycles.